The van der Waals surface area contributed by atoms with Crippen LogP contribution in [0.25, 0.3) is 6.08 Å². The maximum atomic E-state index is 12.4. The van der Waals surface area contributed by atoms with Gasteiger partial charge in [-0.15, -0.1) is 0 Å². The maximum absolute atomic E-state index is 12.4. The van der Waals surface area contributed by atoms with Crippen LogP contribution in [0.3, 0.4) is 0 Å². The summed E-state index contributed by atoms with van der Waals surface area (Å²) < 4.78 is 5.23. The highest BCUT2D eigenvalue weighted by molar-refractivity contribution is 5.90. The van der Waals surface area contributed by atoms with Crippen LogP contribution < -0.4 is 5.32 Å². The molecule has 0 saturated heterocycles. The third-order valence-corrected chi connectivity index (χ3v) is 4.56. The first-order chi connectivity index (χ1) is 12.6. The number of aryl methyl sites for hydroxylation is 1. The molecule has 0 spiro atoms. The summed E-state index contributed by atoms with van der Waals surface area (Å²) in [5.41, 5.74) is 3.34. The van der Waals surface area contributed by atoms with Crippen LogP contribution in [0.1, 0.15) is 42.5 Å². The van der Waals surface area contributed by atoms with Gasteiger partial charge in [-0.2, -0.15) is 0 Å². The Balaban J connectivity index is 1.55. The highest BCUT2D eigenvalue weighted by atomic mass is 16.5. The van der Waals surface area contributed by atoms with Crippen LogP contribution in [-0.2, 0) is 20.7 Å². The number of amides is 1. The largest absolute Gasteiger partial charge is 0.449 e. The number of rotatable bonds is 5. The summed E-state index contributed by atoms with van der Waals surface area (Å²) in [5, 5.41) is 3.01. The Morgan fingerprint density at radius 2 is 1.85 bits per heavy atom. The average Bonchev–Trinajstić information content (AvgIpc) is 2.67. The van der Waals surface area contributed by atoms with Crippen LogP contribution in [0.2, 0.25) is 0 Å². The number of esters is 1. The fourth-order valence-electron chi connectivity index (χ4n) is 3.19. The van der Waals surface area contributed by atoms with E-state index in [4.69, 9.17) is 4.74 Å². The standard InChI is InChI=1S/C22H23NO3/c1-16(26-21(24)15-14-17-8-3-2-4-9-17)22(25)23-20-13-7-11-18-10-5-6-12-19(18)20/h2-6,8-10,12,14-16,20H,7,11,13H2,1H3,(H,23,25)/b15-14+/t16-,20+/m0/s1. The molecular weight excluding hydrogens is 326 g/mol. The number of benzene rings is 2. The van der Waals surface area contributed by atoms with Crippen LogP contribution in [0.4, 0.5) is 0 Å². The third-order valence-electron chi connectivity index (χ3n) is 4.56. The zero-order valence-electron chi connectivity index (χ0n) is 14.9. The van der Waals surface area contributed by atoms with Gasteiger partial charge in [-0.25, -0.2) is 4.79 Å². The molecule has 0 unspecified atom stereocenters. The van der Waals surface area contributed by atoms with Crippen molar-refractivity contribution in [2.45, 2.75) is 38.3 Å². The van der Waals surface area contributed by atoms with Crippen LogP contribution in [0.15, 0.2) is 60.7 Å². The van der Waals surface area contributed by atoms with Crippen molar-refractivity contribution in [2.24, 2.45) is 0 Å². The molecule has 1 aliphatic rings. The van der Waals surface area contributed by atoms with Gasteiger partial charge in [0, 0.05) is 6.08 Å². The summed E-state index contributed by atoms with van der Waals surface area (Å²) >= 11 is 0. The van der Waals surface area contributed by atoms with Gasteiger partial charge >= 0.3 is 5.97 Å². The first kappa shape index (κ1) is 17.9. The molecule has 1 N–H and O–H groups in total. The zero-order valence-corrected chi connectivity index (χ0v) is 14.9. The van der Waals surface area contributed by atoms with Gasteiger partial charge in [0.25, 0.3) is 5.91 Å². The van der Waals surface area contributed by atoms with E-state index < -0.39 is 12.1 Å². The van der Waals surface area contributed by atoms with Gasteiger partial charge in [-0.05, 0) is 49.0 Å². The molecule has 0 heterocycles. The Hall–Kier alpha value is -2.88. The first-order valence-corrected chi connectivity index (χ1v) is 8.95. The normalized spacial score (nSPS) is 17.3. The smallest absolute Gasteiger partial charge is 0.331 e. The number of hydrogen-bond acceptors (Lipinski definition) is 3. The molecular formula is C22H23NO3. The van der Waals surface area contributed by atoms with E-state index in [0.29, 0.717) is 0 Å². The second-order valence-electron chi connectivity index (χ2n) is 6.48. The Labute approximate surface area is 153 Å². The van der Waals surface area contributed by atoms with Gasteiger partial charge in [0.15, 0.2) is 6.10 Å². The molecule has 1 amide bonds. The fourth-order valence-corrected chi connectivity index (χ4v) is 3.19. The Morgan fingerprint density at radius 1 is 1.12 bits per heavy atom. The number of nitrogens with one attached hydrogen (secondary N) is 1. The van der Waals surface area contributed by atoms with Gasteiger partial charge in [0.05, 0.1) is 6.04 Å². The molecule has 0 fully saturated rings. The lowest BCUT2D eigenvalue weighted by molar-refractivity contribution is -0.150. The zero-order chi connectivity index (χ0) is 18.4. The lowest BCUT2D eigenvalue weighted by Crippen LogP contribution is -2.39. The first-order valence-electron chi connectivity index (χ1n) is 8.95. The molecule has 2 aromatic rings. The average molecular weight is 349 g/mol. The van der Waals surface area contributed by atoms with Crippen molar-refractivity contribution in [1.82, 2.24) is 5.32 Å². The summed E-state index contributed by atoms with van der Waals surface area (Å²) in [6.07, 6.45) is 5.15. The third kappa shape index (κ3) is 4.60. The molecule has 3 rings (SSSR count). The van der Waals surface area contributed by atoms with E-state index in [1.165, 1.54) is 11.6 Å². The highest BCUT2D eigenvalue weighted by Gasteiger charge is 2.24. The molecule has 2 aromatic carbocycles. The summed E-state index contributed by atoms with van der Waals surface area (Å²) in [4.78, 5) is 24.4. The van der Waals surface area contributed by atoms with E-state index in [-0.39, 0.29) is 11.9 Å². The number of hydrogen-bond donors (Lipinski definition) is 1. The number of carbonyl (C=O) groups excluding carboxylic acids is 2. The topological polar surface area (TPSA) is 55.4 Å². The lowest BCUT2D eigenvalue weighted by atomic mass is 9.87. The molecule has 0 aliphatic heterocycles. The molecule has 134 valence electrons. The minimum atomic E-state index is -0.836. The van der Waals surface area contributed by atoms with Crippen LogP contribution in [0.5, 0.6) is 0 Å². The van der Waals surface area contributed by atoms with Crippen molar-refractivity contribution in [1.29, 1.82) is 0 Å². The van der Waals surface area contributed by atoms with Gasteiger partial charge in [0.2, 0.25) is 0 Å². The van der Waals surface area contributed by atoms with Gasteiger partial charge in [-0.3, -0.25) is 4.79 Å². The molecule has 0 bridgehead atoms. The molecule has 1 aliphatic carbocycles. The Kier molecular flexibility index (Phi) is 5.84. The minimum Gasteiger partial charge on any atom is -0.449 e. The van der Waals surface area contributed by atoms with E-state index in [2.05, 4.69) is 17.4 Å². The van der Waals surface area contributed by atoms with E-state index >= 15 is 0 Å². The molecule has 0 aromatic heterocycles. The van der Waals surface area contributed by atoms with Crippen LogP contribution in [-0.4, -0.2) is 18.0 Å². The summed E-state index contributed by atoms with van der Waals surface area (Å²) in [7, 11) is 0. The van der Waals surface area contributed by atoms with Gasteiger partial charge in [0.1, 0.15) is 0 Å². The maximum Gasteiger partial charge on any atom is 0.331 e. The van der Waals surface area contributed by atoms with E-state index in [0.717, 1.165) is 30.4 Å². The summed E-state index contributed by atoms with van der Waals surface area (Å²) in [5.74, 6) is -0.797. The summed E-state index contributed by atoms with van der Waals surface area (Å²) in [6, 6.07) is 17.6. The molecule has 0 saturated carbocycles. The SMILES string of the molecule is C[C@H](OC(=O)/C=C/c1ccccc1)C(=O)N[C@@H]1CCCc2ccccc21. The highest BCUT2D eigenvalue weighted by Crippen LogP contribution is 2.29. The van der Waals surface area contributed by atoms with E-state index in [1.807, 2.05) is 42.5 Å². The van der Waals surface area contributed by atoms with Crippen molar-refractivity contribution in [3.8, 4) is 0 Å². The minimum absolute atomic E-state index is 0.0199. The molecule has 4 heteroatoms. The van der Waals surface area contributed by atoms with E-state index in [9.17, 15) is 9.59 Å². The lowest BCUT2D eigenvalue weighted by Gasteiger charge is -2.27. The van der Waals surface area contributed by atoms with Crippen molar-refractivity contribution in [3.05, 3.63) is 77.4 Å². The van der Waals surface area contributed by atoms with Crippen molar-refractivity contribution in [3.63, 3.8) is 0 Å². The van der Waals surface area contributed by atoms with Crippen LogP contribution in [0, 0.1) is 0 Å². The predicted molar refractivity (Wildman–Crippen MR) is 101 cm³/mol. The molecule has 26 heavy (non-hydrogen) atoms. The predicted octanol–water partition coefficient (Wildman–Crippen LogP) is 3.83. The number of ether oxygens (including phenoxy) is 1. The van der Waals surface area contributed by atoms with E-state index in [1.54, 1.807) is 13.0 Å². The second-order valence-corrected chi connectivity index (χ2v) is 6.48. The molecule has 0 radical (unpaired) electrons. The Morgan fingerprint density at radius 3 is 2.65 bits per heavy atom. The molecule has 2 atom stereocenters. The van der Waals surface area contributed by atoms with Crippen molar-refractivity contribution < 1.29 is 14.3 Å². The van der Waals surface area contributed by atoms with Crippen LogP contribution >= 0.6 is 0 Å². The van der Waals surface area contributed by atoms with Gasteiger partial charge < -0.3 is 10.1 Å². The monoisotopic (exact) mass is 349 g/mol. The van der Waals surface area contributed by atoms with Crippen molar-refractivity contribution >= 4 is 18.0 Å². The number of carbonyl (C=O) groups is 2. The van der Waals surface area contributed by atoms with Gasteiger partial charge in [-0.1, -0.05) is 54.6 Å². The Bertz CT molecular complexity index is 798. The fraction of sp³-hybridized carbons (Fsp3) is 0.273. The number of fused-ring (bicyclic) bond motifs is 1. The molecule has 4 nitrogen and oxygen atoms in total. The quantitative estimate of drug-likeness (QED) is 0.659. The van der Waals surface area contributed by atoms with Crippen molar-refractivity contribution in [2.75, 3.05) is 0 Å². The second kappa shape index (κ2) is 8.48. The summed E-state index contributed by atoms with van der Waals surface area (Å²) in [6.45, 7) is 1.60.